The van der Waals surface area contributed by atoms with Crippen LogP contribution in [0.4, 0.5) is 32.6 Å². The molecule has 6 aromatic rings. The zero-order valence-corrected chi connectivity index (χ0v) is 51.3. The SMILES string of the molecule is C.CCCC1CCN(C(=O)OCc2ccc([N+](=O)[O-])cc2)CC1.CCNC(=O)[C@H]1O[C@@H](n2cnc3c(N)nc(CCCC4CCN(C(=O)OCc5ccc([N+](=O)[O-])cc5)CC4)nc32)[C@@H](O)C1O.CCNC(=O)[C@H]1O[C@@H](n2cnc3c(N)nc(I)nc32)[C@@H](O)C1O. The van der Waals surface area contributed by atoms with Crippen molar-refractivity contribution < 1.29 is 68.4 Å². The van der Waals surface area contributed by atoms with Gasteiger partial charge in [-0.2, -0.15) is 0 Å². The third kappa shape index (κ3) is 17.0. The van der Waals surface area contributed by atoms with E-state index in [-0.39, 0.29) is 49.7 Å². The highest BCUT2D eigenvalue weighted by atomic mass is 127. The monoisotopic (exact) mass is 1370 g/mol. The molecule has 2 unspecified atom stereocenters. The summed E-state index contributed by atoms with van der Waals surface area (Å²) in [5.74, 6) is 1.00. The van der Waals surface area contributed by atoms with E-state index in [1.807, 2.05) is 22.6 Å². The second kappa shape index (κ2) is 32.1. The largest absolute Gasteiger partial charge is 0.445 e. The number of nitrogens with zero attached hydrogens (tertiary/aromatic N) is 12. The Morgan fingerprint density at radius 3 is 1.46 bits per heavy atom. The number of amides is 4. The minimum absolute atomic E-state index is 0. The molecular weight excluding hydrogens is 1290 g/mol. The number of aliphatic hydroxyl groups is 4. The number of likely N-dealkylation sites (N-methyl/N-ethyl adjacent to an activating group) is 2. The number of aliphatic hydroxyl groups excluding tert-OH is 4. The molecule has 32 nitrogen and oxygen atoms in total. The first-order chi connectivity index (χ1) is 42.7. The van der Waals surface area contributed by atoms with Crippen molar-refractivity contribution in [2.24, 2.45) is 11.8 Å². The number of benzene rings is 2. The second-order valence-corrected chi connectivity index (χ2v) is 22.7. The van der Waals surface area contributed by atoms with E-state index in [9.17, 15) is 59.8 Å². The molecule has 4 aliphatic rings. The summed E-state index contributed by atoms with van der Waals surface area (Å²) in [4.78, 5) is 98.2. The van der Waals surface area contributed by atoms with Gasteiger partial charge in [-0.15, -0.1) is 0 Å². The number of anilines is 2. The molecule has 4 amide bonds. The number of non-ortho nitro benzene ring substituents is 2. The predicted octanol–water partition coefficient (Wildman–Crippen LogP) is 4.59. The van der Waals surface area contributed by atoms with Crippen LogP contribution in [-0.4, -0.2) is 179 Å². The van der Waals surface area contributed by atoms with Gasteiger partial charge in [-0.25, -0.2) is 39.5 Å². The van der Waals surface area contributed by atoms with E-state index in [0.29, 0.717) is 76.1 Å². The average molecular weight is 1370 g/mol. The van der Waals surface area contributed by atoms with Crippen molar-refractivity contribution in [1.29, 1.82) is 0 Å². The molecule has 4 aliphatic heterocycles. The van der Waals surface area contributed by atoms with Gasteiger partial charge >= 0.3 is 12.2 Å². The normalized spacial score (nSPS) is 21.7. The number of aromatic nitrogens is 8. The Bertz CT molecular complexity index is 3420. The molecule has 488 valence electrons. The molecule has 8 atom stereocenters. The van der Waals surface area contributed by atoms with Gasteiger partial charge in [0.15, 0.2) is 51.4 Å². The summed E-state index contributed by atoms with van der Waals surface area (Å²) >= 11 is 1.91. The fraction of sp³-hybridized carbons (Fsp3) is 0.544. The van der Waals surface area contributed by atoms with E-state index in [1.165, 1.54) is 58.9 Å². The Kier molecular flexibility index (Phi) is 24.7. The van der Waals surface area contributed by atoms with Gasteiger partial charge in [0.1, 0.15) is 54.5 Å². The average Bonchev–Trinajstić information content (AvgIpc) is 1.71. The van der Waals surface area contributed by atoms with Gasteiger partial charge in [0.25, 0.3) is 23.2 Å². The Morgan fingerprint density at radius 1 is 0.633 bits per heavy atom. The van der Waals surface area contributed by atoms with Gasteiger partial charge in [-0.1, -0.05) is 27.2 Å². The quantitative estimate of drug-likeness (QED) is 0.0252. The van der Waals surface area contributed by atoms with E-state index >= 15 is 0 Å². The number of ether oxygens (including phenoxy) is 4. The highest BCUT2D eigenvalue weighted by molar-refractivity contribution is 14.1. The van der Waals surface area contributed by atoms with Crippen LogP contribution in [-0.2, 0) is 48.2 Å². The van der Waals surface area contributed by atoms with Crippen LogP contribution in [0.5, 0.6) is 0 Å². The Labute approximate surface area is 530 Å². The van der Waals surface area contributed by atoms with Crippen LogP contribution in [0.3, 0.4) is 0 Å². The number of hydrogen-bond donors (Lipinski definition) is 8. The lowest BCUT2D eigenvalue weighted by atomic mass is 9.91. The lowest BCUT2D eigenvalue weighted by molar-refractivity contribution is -0.385. The molecule has 4 aromatic heterocycles. The number of carbonyl (C=O) groups is 4. The number of piperidine rings is 2. The van der Waals surface area contributed by atoms with Crippen LogP contribution in [0.2, 0.25) is 0 Å². The lowest BCUT2D eigenvalue weighted by Gasteiger charge is -2.31. The summed E-state index contributed by atoms with van der Waals surface area (Å²) in [6.07, 6.45) is 0.466. The number of nitrogens with two attached hydrogens (primary N) is 2. The Balaban J connectivity index is 0.000000211. The maximum Gasteiger partial charge on any atom is 0.410 e. The van der Waals surface area contributed by atoms with Crippen molar-refractivity contribution in [2.75, 3.05) is 50.7 Å². The van der Waals surface area contributed by atoms with Gasteiger partial charge < -0.3 is 71.3 Å². The highest BCUT2D eigenvalue weighted by Crippen LogP contribution is 2.35. The summed E-state index contributed by atoms with van der Waals surface area (Å²) in [5.41, 5.74) is 14.8. The number of likely N-dealkylation sites (tertiary alicyclic amines) is 2. The molecule has 2 aromatic carbocycles. The first kappa shape index (κ1) is 69.4. The number of halogens is 1. The molecule has 33 heteroatoms. The van der Waals surface area contributed by atoms with Crippen molar-refractivity contribution in [3.05, 3.63) is 102 Å². The van der Waals surface area contributed by atoms with Gasteiger partial charge in [0.05, 0.1) is 22.5 Å². The van der Waals surface area contributed by atoms with Crippen molar-refractivity contribution in [2.45, 2.75) is 148 Å². The standard InChI is InChI=1S/C28H36N8O8.C16H22N2O4.C12H15IN6O4.CH4/c1-2-30-26(39)23-21(37)22(38)27(44-23)35-15-31-20-24(29)32-19(33-25(20)35)5-3-4-16-10-12-34(13-11-16)28(40)43-14-17-6-8-18(9-7-17)36(41)42;1-2-3-13-8-10-17(11-9-13)16(19)22-12-14-4-6-15(7-5-14)18(20)21;1-2-15-10(22)7-5(20)6(21)11(23-7)19-3-16-4-8(14)17-12(13)18-9(4)19;/h6-9,15-16,21-23,27,37-38H,2-5,10-14H2,1H3,(H,30,39)(H2,29,32,33);4-7,13H,2-3,8-12H2,1H3;3,5-7,11,20-21H,2H2,1H3,(H,15,22)(H2,14,17,18);1H4/t21?,22-,23-,27+;;5?,6-,7-,11+;/m0.0./s1. The summed E-state index contributed by atoms with van der Waals surface area (Å²) in [5, 5.41) is 67.9. The molecule has 10 N–H and O–H groups in total. The summed E-state index contributed by atoms with van der Waals surface area (Å²) < 4.78 is 25.2. The smallest absolute Gasteiger partial charge is 0.410 e. The summed E-state index contributed by atoms with van der Waals surface area (Å²) in [7, 11) is 0. The maximum atomic E-state index is 12.5. The molecule has 0 spiro atoms. The van der Waals surface area contributed by atoms with Crippen LogP contribution < -0.4 is 22.1 Å². The molecule has 90 heavy (non-hydrogen) atoms. The van der Waals surface area contributed by atoms with Crippen LogP contribution >= 0.6 is 22.6 Å². The number of aryl methyl sites for hydroxylation is 1. The van der Waals surface area contributed by atoms with Gasteiger partial charge in [-0.05, 0) is 99.6 Å². The first-order valence-electron chi connectivity index (χ1n) is 29.2. The highest BCUT2D eigenvalue weighted by Gasteiger charge is 2.49. The summed E-state index contributed by atoms with van der Waals surface area (Å²) in [6.45, 7) is 9.27. The van der Waals surface area contributed by atoms with E-state index in [1.54, 1.807) is 47.9 Å². The fourth-order valence-electron chi connectivity index (χ4n) is 10.8. The van der Waals surface area contributed by atoms with Gasteiger partial charge in [0.2, 0.25) is 0 Å². The molecule has 0 bridgehead atoms. The van der Waals surface area contributed by atoms with Crippen LogP contribution in [0.25, 0.3) is 22.3 Å². The number of imidazole rings is 2. The molecule has 10 rings (SSSR count). The van der Waals surface area contributed by atoms with Crippen molar-refractivity contribution in [3.63, 3.8) is 0 Å². The summed E-state index contributed by atoms with van der Waals surface area (Å²) in [6, 6.07) is 12.0. The number of nitro groups is 2. The first-order valence-corrected chi connectivity index (χ1v) is 30.3. The van der Waals surface area contributed by atoms with E-state index in [4.69, 9.17) is 30.4 Å². The molecule has 0 saturated carbocycles. The number of nitro benzene ring substituents is 2. The van der Waals surface area contributed by atoms with E-state index in [2.05, 4.69) is 47.5 Å². The van der Waals surface area contributed by atoms with Gasteiger partial charge in [0, 0.05) is 92.5 Å². The molecule has 8 heterocycles. The maximum absolute atomic E-state index is 12.5. The Morgan fingerprint density at radius 2 is 1.04 bits per heavy atom. The molecule has 0 radical (unpaired) electrons. The predicted molar refractivity (Wildman–Crippen MR) is 331 cm³/mol. The molecular formula is C57H77IN16O16. The van der Waals surface area contributed by atoms with Gasteiger partial charge in [-0.3, -0.25) is 39.0 Å². The van der Waals surface area contributed by atoms with Crippen molar-refractivity contribution >= 4 is 91.9 Å². The molecule has 4 fully saturated rings. The van der Waals surface area contributed by atoms with Crippen molar-refractivity contribution in [3.8, 4) is 0 Å². The molecule has 4 saturated heterocycles. The van der Waals surface area contributed by atoms with E-state index in [0.717, 1.165) is 63.1 Å². The third-order valence-corrected chi connectivity index (χ3v) is 16.1. The third-order valence-electron chi connectivity index (χ3n) is 15.6. The number of carbonyl (C=O) groups excluding carboxylic acids is 4. The van der Waals surface area contributed by atoms with E-state index < -0.39 is 76.8 Å². The number of nitrogens with one attached hydrogen (secondary N) is 2. The van der Waals surface area contributed by atoms with Crippen molar-refractivity contribution in [1.82, 2.24) is 59.5 Å². The topological polar surface area (TPSA) is 442 Å². The second-order valence-electron chi connectivity index (χ2n) is 21.7. The zero-order valence-electron chi connectivity index (χ0n) is 49.2. The van der Waals surface area contributed by atoms with Crippen LogP contribution in [0.1, 0.15) is 109 Å². The fourth-order valence-corrected chi connectivity index (χ4v) is 11.3. The minimum atomic E-state index is -1.43. The van der Waals surface area contributed by atoms with Crippen LogP contribution in [0.15, 0.2) is 61.2 Å². The lowest BCUT2D eigenvalue weighted by Crippen LogP contribution is -2.42. The van der Waals surface area contributed by atoms with Crippen LogP contribution in [0, 0.1) is 35.9 Å². The number of nitrogen functional groups attached to an aromatic ring is 2. The minimum Gasteiger partial charge on any atom is -0.445 e. The number of fused-ring (bicyclic) bond motifs is 2. The number of rotatable bonds is 18. The molecule has 0 aliphatic carbocycles. The zero-order chi connectivity index (χ0) is 64.1. The number of hydrogen-bond acceptors (Lipinski definition) is 24. The Hall–Kier alpha value is -8.09.